The fraction of sp³-hybridized carbons (Fsp3) is 0.250. The van der Waals surface area contributed by atoms with E-state index < -0.39 is 5.82 Å². The van der Waals surface area contributed by atoms with Crippen LogP contribution in [0.15, 0.2) is 51.0 Å². The van der Waals surface area contributed by atoms with Crippen LogP contribution in [0.4, 0.5) is 10.1 Å². The molecule has 0 atom stereocenters. The number of nitrogens with zero attached hydrogens (tertiary/aromatic N) is 3. The van der Waals surface area contributed by atoms with Gasteiger partial charge in [0.25, 0.3) is 5.56 Å². The van der Waals surface area contributed by atoms with Crippen LogP contribution in [0, 0.1) is 5.82 Å². The third kappa shape index (κ3) is 4.91. The van der Waals surface area contributed by atoms with E-state index in [0.717, 1.165) is 22.2 Å². The highest BCUT2D eigenvalue weighted by Crippen LogP contribution is 2.34. The number of halogens is 2. The van der Waals surface area contributed by atoms with E-state index in [1.54, 1.807) is 17.0 Å². The van der Waals surface area contributed by atoms with Crippen molar-refractivity contribution < 1.29 is 18.4 Å². The Hall–Kier alpha value is -3.15. The molecule has 1 N–H and O–H groups in total. The first-order valence-corrected chi connectivity index (χ1v) is 13.2. The lowest BCUT2D eigenvalue weighted by molar-refractivity contribution is -0.129. The normalized spacial score (nSPS) is 13.1. The molecule has 0 radical (unpaired) electrons. The van der Waals surface area contributed by atoms with Crippen molar-refractivity contribution in [3.63, 3.8) is 0 Å². The molecule has 4 aromatic rings. The van der Waals surface area contributed by atoms with Crippen LogP contribution < -0.4 is 10.9 Å². The number of amides is 2. The molecule has 0 unspecified atom stereocenters. The number of thiophene rings is 1. The van der Waals surface area contributed by atoms with Crippen molar-refractivity contribution in [3.8, 4) is 0 Å². The fourth-order valence-corrected chi connectivity index (χ4v) is 6.29. The quantitative estimate of drug-likeness (QED) is 0.282. The van der Waals surface area contributed by atoms with Gasteiger partial charge in [0.05, 0.1) is 35.5 Å². The van der Waals surface area contributed by atoms with Crippen molar-refractivity contribution in [1.29, 1.82) is 0 Å². The van der Waals surface area contributed by atoms with Crippen LogP contribution in [-0.2, 0) is 29.1 Å². The molecule has 0 bridgehead atoms. The van der Waals surface area contributed by atoms with Crippen LogP contribution in [0.1, 0.15) is 23.1 Å². The van der Waals surface area contributed by atoms with E-state index in [2.05, 4.69) is 5.32 Å². The summed E-state index contributed by atoms with van der Waals surface area (Å²) in [6.45, 7) is 2.70. The summed E-state index contributed by atoms with van der Waals surface area (Å²) in [6.07, 6.45) is 2.12. The van der Waals surface area contributed by atoms with Crippen LogP contribution in [0.25, 0.3) is 10.2 Å². The van der Waals surface area contributed by atoms with Gasteiger partial charge in [0.2, 0.25) is 11.8 Å². The second kappa shape index (κ2) is 10.1. The number of thioether (sulfide) groups is 1. The molecule has 1 aliphatic rings. The van der Waals surface area contributed by atoms with Gasteiger partial charge in [0.15, 0.2) is 5.16 Å². The molecule has 1 aromatic carbocycles. The molecular weight excluding hydrogens is 527 g/mol. The second-order valence-electron chi connectivity index (χ2n) is 8.21. The minimum atomic E-state index is -0.575. The van der Waals surface area contributed by atoms with Gasteiger partial charge in [-0.3, -0.25) is 19.0 Å². The summed E-state index contributed by atoms with van der Waals surface area (Å²) in [5.74, 6) is -0.394. The van der Waals surface area contributed by atoms with Crippen LogP contribution in [0.5, 0.6) is 0 Å². The maximum Gasteiger partial charge on any atom is 0.263 e. The summed E-state index contributed by atoms with van der Waals surface area (Å²) in [4.78, 5) is 46.1. The number of carbonyl (C=O) groups excluding carboxylic acids is 2. The van der Waals surface area contributed by atoms with Crippen molar-refractivity contribution in [2.75, 3.05) is 17.6 Å². The summed E-state index contributed by atoms with van der Waals surface area (Å²) in [7, 11) is 0. The smallest absolute Gasteiger partial charge is 0.263 e. The summed E-state index contributed by atoms with van der Waals surface area (Å²) in [5, 5.41) is 3.51. The summed E-state index contributed by atoms with van der Waals surface area (Å²) >= 11 is 8.31. The molecule has 0 saturated heterocycles. The SMILES string of the molecule is CC(=O)N1CCc2c(sc3nc(SCC(=O)Nc4ccc(F)c(Cl)c4)n(Cc4ccco4)c(=O)c23)C1. The monoisotopic (exact) mass is 546 g/mol. The van der Waals surface area contributed by atoms with Crippen LogP contribution in [0.2, 0.25) is 5.02 Å². The lowest BCUT2D eigenvalue weighted by Gasteiger charge is -2.25. The Bertz CT molecular complexity index is 1530. The van der Waals surface area contributed by atoms with Gasteiger partial charge >= 0.3 is 0 Å². The highest BCUT2D eigenvalue weighted by Gasteiger charge is 2.26. The number of hydrogen-bond acceptors (Lipinski definition) is 7. The minimum absolute atomic E-state index is 0.00834. The molecule has 36 heavy (non-hydrogen) atoms. The predicted molar refractivity (Wildman–Crippen MR) is 137 cm³/mol. The zero-order valence-corrected chi connectivity index (χ0v) is 21.4. The molecule has 1 aliphatic heterocycles. The number of rotatable bonds is 6. The Morgan fingerprint density at radius 1 is 1.33 bits per heavy atom. The number of benzene rings is 1. The Morgan fingerprint density at radius 3 is 2.89 bits per heavy atom. The number of anilines is 1. The Morgan fingerprint density at radius 2 is 2.17 bits per heavy atom. The van der Waals surface area contributed by atoms with E-state index in [0.29, 0.717) is 46.3 Å². The topological polar surface area (TPSA) is 97.4 Å². The maximum atomic E-state index is 13.7. The molecule has 0 spiro atoms. The zero-order valence-electron chi connectivity index (χ0n) is 19.0. The van der Waals surface area contributed by atoms with E-state index in [9.17, 15) is 18.8 Å². The summed E-state index contributed by atoms with van der Waals surface area (Å²) < 4.78 is 20.4. The van der Waals surface area contributed by atoms with Gasteiger partial charge in [-0.1, -0.05) is 23.4 Å². The molecule has 2 amide bonds. The number of nitrogens with one attached hydrogen (secondary N) is 1. The van der Waals surface area contributed by atoms with Crippen molar-refractivity contribution in [3.05, 3.63) is 74.0 Å². The molecule has 12 heteroatoms. The number of aromatic nitrogens is 2. The lowest BCUT2D eigenvalue weighted by atomic mass is 10.1. The van der Waals surface area contributed by atoms with E-state index >= 15 is 0 Å². The maximum absolute atomic E-state index is 13.7. The van der Waals surface area contributed by atoms with Gasteiger partial charge in [0, 0.05) is 24.0 Å². The molecule has 4 heterocycles. The first-order valence-electron chi connectivity index (χ1n) is 11.0. The molecule has 186 valence electrons. The van der Waals surface area contributed by atoms with Crippen molar-refractivity contribution in [2.45, 2.75) is 31.6 Å². The van der Waals surface area contributed by atoms with Crippen molar-refractivity contribution in [2.24, 2.45) is 0 Å². The highest BCUT2D eigenvalue weighted by atomic mass is 35.5. The van der Waals surface area contributed by atoms with Gasteiger partial charge in [0.1, 0.15) is 16.4 Å². The van der Waals surface area contributed by atoms with E-state index in [-0.39, 0.29) is 34.7 Å². The van der Waals surface area contributed by atoms with Crippen LogP contribution in [-0.4, -0.2) is 38.6 Å². The molecule has 0 fully saturated rings. The average Bonchev–Trinajstić information content (AvgIpc) is 3.49. The molecule has 0 aliphatic carbocycles. The largest absolute Gasteiger partial charge is 0.467 e. The van der Waals surface area contributed by atoms with Crippen LogP contribution in [0.3, 0.4) is 0 Å². The fourth-order valence-electron chi connectivity index (χ4n) is 4.04. The second-order valence-corrected chi connectivity index (χ2v) is 10.6. The van der Waals surface area contributed by atoms with Gasteiger partial charge in [-0.05, 0) is 42.3 Å². The summed E-state index contributed by atoms with van der Waals surface area (Å²) in [5.41, 5.74) is 1.09. The first kappa shape index (κ1) is 24.5. The van der Waals surface area contributed by atoms with Gasteiger partial charge in [-0.2, -0.15) is 0 Å². The van der Waals surface area contributed by atoms with E-state index in [1.165, 1.54) is 47.3 Å². The Balaban J connectivity index is 1.46. The van der Waals surface area contributed by atoms with E-state index in [1.807, 2.05) is 0 Å². The van der Waals surface area contributed by atoms with Gasteiger partial charge in [-0.25, -0.2) is 9.37 Å². The molecule has 3 aromatic heterocycles. The average molecular weight is 547 g/mol. The van der Waals surface area contributed by atoms with Gasteiger partial charge in [-0.15, -0.1) is 11.3 Å². The third-order valence-corrected chi connectivity index (χ3v) is 8.18. The predicted octanol–water partition coefficient (Wildman–Crippen LogP) is 4.53. The molecular formula is C24H20ClFN4O4S2. The number of furan rings is 1. The standard InChI is InChI=1S/C24H20ClFN4O4S2/c1-13(31)29-7-6-16-19(11-29)36-22-21(16)23(33)30(10-15-3-2-8-34-15)24(28-22)35-12-20(32)27-14-4-5-18(26)17(25)9-14/h2-5,8-9H,6-7,10-12H2,1H3,(H,27,32). The molecule has 0 saturated carbocycles. The molecule has 5 rings (SSSR count). The minimum Gasteiger partial charge on any atom is -0.467 e. The van der Waals surface area contributed by atoms with Gasteiger partial charge < -0.3 is 14.6 Å². The third-order valence-electron chi connectivity index (χ3n) is 5.80. The Kier molecular flexibility index (Phi) is 6.87. The van der Waals surface area contributed by atoms with Crippen LogP contribution >= 0.6 is 34.7 Å². The van der Waals surface area contributed by atoms with Crippen molar-refractivity contribution in [1.82, 2.24) is 14.5 Å². The number of carbonyl (C=O) groups is 2. The zero-order chi connectivity index (χ0) is 25.4. The first-order chi connectivity index (χ1) is 17.3. The number of hydrogen-bond donors (Lipinski definition) is 1. The highest BCUT2D eigenvalue weighted by molar-refractivity contribution is 7.99. The Labute approximate surface area is 218 Å². The lowest BCUT2D eigenvalue weighted by Crippen LogP contribution is -2.34. The van der Waals surface area contributed by atoms with Crippen molar-refractivity contribution >= 4 is 62.4 Å². The molecule has 8 nitrogen and oxygen atoms in total. The van der Waals surface area contributed by atoms with E-state index in [4.69, 9.17) is 21.0 Å². The summed E-state index contributed by atoms with van der Waals surface area (Å²) in [6, 6.07) is 7.43. The number of fused-ring (bicyclic) bond motifs is 3.